The zero-order valence-corrected chi connectivity index (χ0v) is 28.4. The van der Waals surface area contributed by atoms with Crippen LogP contribution in [0.4, 0.5) is 0 Å². The van der Waals surface area contributed by atoms with Crippen LogP contribution < -0.4 is 0 Å². The zero-order chi connectivity index (χ0) is 33.5. The monoisotopic (exact) mass is 666 g/mol. The number of fused-ring (bicyclic) bond motifs is 9. The molecule has 8 aromatic carbocycles. The quantitative estimate of drug-likeness (QED) is 0.177. The van der Waals surface area contributed by atoms with Gasteiger partial charge >= 0.3 is 0 Å². The van der Waals surface area contributed by atoms with Crippen LogP contribution in [0, 0.1) is 0 Å². The van der Waals surface area contributed by atoms with Crippen LogP contribution in [0.2, 0.25) is 0 Å². The molecule has 0 aliphatic rings. The SMILES string of the molecule is c1ccc(-c2ccc(-n3c4ccccc4c4ccc(-c5ccc6c7ccccc7n(-c7ccccc7)c6c5)cc43)c3sc4ccccc4c23)cc1. The van der Waals surface area contributed by atoms with E-state index >= 15 is 0 Å². The number of thiophene rings is 1. The summed E-state index contributed by atoms with van der Waals surface area (Å²) in [4.78, 5) is 0. The Labute approximate surface area is 298 Å². The molecule has 0 unspecified atom stereocenters. The van der Waals surface area contributed by atoms with Crippen molar-refractivity contribution in [3.05, 3.63) is 182 Å². The normalized spacial score (nSPS) is 11.9. The zero-order valence-electron chi connectivity index (χ0n) is 27.6. The van der Waals surface area contributed by atoms with Gasteiger partial charge in [0.15, 0.2) is 0 Å². The van der Waals surface area contributed by atoms with Crippen molar-refractivity contribution in [1.29, 1.82) is 0 Å². The van der Waals surface area contributed by atoms with Gasteiger partial charge in [-0.15, -0.1) is 11.3 Å². The maximum absolute atomic E-state index is 2.50. The Morgan fingerprint density at radius 1 is 0.353 bits per heavy atom. The van der Waals surface area contributed by atoms with Crippen LogP contribution in [-0.4, -0.2) is 9.13 Å². The number of hydrogen-bond donors (Lipinski definition) is 0. The number of benzene rings is 8. The molecule has 11 rings (SSSR count). The predicted molar refractivity (Wildman–Crippen MR) is 219 cm³/mol. The van der Waals surface area contributed by atoms with E-state index in [1.54, 1.807) is 0 Å². The fourth-order valence-electron chi connectivity index (χ4n) is 8.26. The molecule has 2 nitrogen and oxygen atoms in total. The highest BCUT2D eigenvalue weighted by molar-refractivity contribution is 7.26. The summed E-state index contributed by atoms with van der Waals surface area (Å²) in [5.41, 5.74) is 12.2. The molecule has 0 atom stereocenters. The summed E-state index contributed by atoms with van der Waals surface area (Å²) < 4.78 is 7.51. The molecule has 0 aliphatic heterocycles. The van der Waals surface area contributed by atoms with E-state index < -0.39 is 0 Å². The third-order valence-electron chi connectivity index (χ3n) is 10.5. The molecule has 51 heavy (non-hydrogen) atoms. The molecule has 0 aliphatic carbocycles. The highest BCUT2D eigenvalue weighted by atomic mass is 32.1. The first kappa shape index (κ1) is 28.4. The lowest BCUT2D eigenvalue weighted by Gasteiger charge is -2.13. The Bertz CT molecular complexity index is 3130. The van der Waals surface area contributed by atoms with Crippen molar-refractivity contribution in [2.45, 2.75) is 0 Å². The van der Waals surface area contributed by atoms with E-state index in [1.807, 2.05) is 11.3 Å². The Morgan fingerprint density at radius 3 is 1.57 bits per heavy atom. The molecule has 0 saturated carbocycles. The Balaban J connectivity index is 1.18. The summed E-state index contributed by atoms with van der Waals surface area (Å²) in [7, 11) is 0. The summed E-state index contributed by atoms with van der Waals surface area (Å²) in [5.74, 6) is 0. The molecule has 0 bridgehead atoms. The lowest BCUT2D eigenvalue weighted by molar-refractivity contribution is 1.18. The highest BCUT2D eigenvalue weighted by Gasteiger charge is 2.20. The van der Waals surface area contributed by atoms with Gasteiger partial charge in [0.2, 0.25) is 0 Å². The molecule has 3 aromatic heterocycles. The van der Waals surface area contributed by atoms with Gasteiger partial charge in [-0.1, -0.05) is 133 Å². The van der Waals surface area contributed by atoms with Gasteiger partial charge in [-0.05, 0) is 70.8 Å². The van der Waals surface area contributed by atoms with Crippen LogP contribution in [0.15, 0.2) is 182 Å². The van der Waals surface area contributed by atoms with Crippen molar-refractivity contribution in [2.75, 3.05) is 0 Å². The Morgan fingerprint density at radius 2 is 0.882 bits per heavy atom. The molecule has 0 spiro atoms. The fourth-order valence-corrected chi connectivity index (χ4v) is 9.50. The molecule has 3 heteroatoms. The van der Waals surface area contributed by atoms with E-state index in [-0.39, 0.29) is 0 Å². The van der Waals surface area contributed by atoms with E-state index in [2.05, 4.69) is 191 Å². The lowest BCUT2D eigenvalue weighted by atomic mass is 9.98. The van der Waals surface area contributed by atoms with E-state index in [4.69, 9.17) is 0 Å². The van der Waals surface area contributed by atoms with Crippen molar-refractivity contribution in [3.63, 3.8) is 0 Å². The Hall–Kier alpha value is -6.42. The second kappa shape index (κ2) is 11.0. The first-order valence-electron chi connectivity index (χ1n) is 17.4. The van der Waals surface area contributed by atoms with E-state index in [1.165, 1.54) is 97.4 Å². The molecule has 0 fully saturated rings. The van der Waals surface area contributed by atoms with Crippen LogP contribution in [0.25, 0.3) is 97.4 Å². The van der Waals surface area contributed by atoms with Crippen molar-refractivity contribution < 1.29 is 0 Å². The van der Waals surface area contributed by atoms with Gasteiger partial charge in [-0.2, -0.15) is 0 Å². The van der Waals surface area contributed by atoms with E-state index in [9.17, 15) is 0 Å². The van der Waals surface area contributed by atoms with E-state index in [0.717, 1.165) is 0 Å². The maximum Gasteiger partial charge on any atom is 0.0641 e. The minimum atomic E-state index is 1.17. The first-order chi connectivity index (χ1) is 25.3. The fraction of sp³-hybridized carbons (Fsp3) is 0. The number of para-hydroxylation sites is 3. The number of aromatic nitrogens is 2. The average molecular weight is 667 g/mol. The molecule has 0 saturated heterocycles. The minimum Gasteiger partial charge on any atom is -0.309 e. The lowest BCUT2D eigenvalue weighted by Crippen LogP contribution is -1.95. The second-order valence-electron chi connectivity index (χ2n) is 13.3. The van der Waals surface area contributed by atoms with Crippen LogP contribution in [0.1, 0.15) is 0 Å². The third kappa shape index (κ3) is 4.22. The first-order valence-corrected chi connectivity index (χ1v) is 18.3. The molecule has 238 valence electrons. The molecular weight excluding hydrogens is 637 g/mol. The maximum atomic E-state index is 2.50. The topological polar surface area (TPSA) is 9.86 Å². The van der Waals surface area contributed by atoms with Crippen LogP contribution in [-0.2, 0) is 0 Å². The minimum absolute atomic E-state index is 1.17. The highest BCUT2D eigenvalue weighted by Crippen LogP contribution is 2.45. The summed E-state index contributed by atoms with van der Waals surface area (Å²) in [6, 6.07) is 66.6. The smallest absolute Gasteiger partial charge is 0.0641 e. The third-order valence-corrected chi connectivity index (χ3v) is 11.7. The predicted octanol–water partition coefficient (Wildman–Crippen LogP) is 13.6. The molecular formula is C48H30N2S. The number of nitrogens with zero attached hydrogens (tertiary/aromatic N) is 2. The van der Waals surface area contributed by atoms with Gasteiger partial charge in [-0.25, -0.2) is 0 Å². The van der Waals surface area contributed by atoms with Gasteiger partial charge in [0.25, 0.3) is 0 Å². The molecule has 0 N–H and O–H groups in total. The molecule has 3 heterocycles. The van der Waals surface area contributed by atoms with Gasteiger partial charge in [-0.3, -0.25) is 0 Å². The van der Waals surface area contributed by atoms with Gasteiger partial charge in [0.1, 0.15) is 0 Å². The summed E-state index contributed by atoms with van der Waals surface area (Å²) >= 11 is 1.89. The van der Waals surface area contributed by atoms with Crippen molar-refractivity contribution in [2.24, 2.45) is 0 Å². The number of hydrogen-bond acceptors (Lipinski definition) is 1. The van der Waals surface area contributed by atoms with Gasteiger partial charge < -0.3 is 9.13 Å². The van der Waals surface area contributed by atoms with Gasteiger partial charge in [0.05, 0.1) is 32.5 Å². The van der Waals surface area contributed by atoms with Crippen molar-refractivity contribution in [3.8, 4) is 33.6 Å². The second-order valence-corrected chi connectivity index (χ2v) is 14.4. The summed E-state index contributed by atoms with van der Waals surface area (Å²) in [5, 5.41) is 7.68. The molecule has 11 aromatic rings. The summed E-state index contributed by atoms with van der Waals surface area (Å²) in [6.45, 7) is 0. The number of rotatable bonds is 4. The van der Waals surface area contributed by atoms with E-state index in [0.29, 0.717) is 0 Å². The van der Waals surface area contributed by atoms with Crippen LogP contribution >= 0.6 is 11.3 Å². The summed E-state index contributed by atoms with van der Waals surface area (Å²) in [6.07, 6.45) is 0. The molecule has 0 amide bonds. The molecule has 0 radical (unpaired) electrons. The van der Waals surface area contributed by atoms with Crippen LogP contribution in [0.5, 0.6) is 0 Å². The van der Waals surface area contributed by atoms with Crippen molar-refractivity contribution in [1.82, 2.24) is 9.13 Å². The van der Waals surface area contributed by atoms with Crippen LogP contribution in [0.3, 0.4) is 0 Å². The largest absolute Gasteiger partial charge is 0.309 e. The standard InChI is InChI=1S/C48H30N2S/c1-3-13-31(14-4-1)35-27-28-43(48-47(35)40-19-9-12-22-46(40)51-48)50-42-21-11-8-18-37(42)39-26-24-33(30-45(39)50)32-23-25-38-36-17-7-10-20-41(36)49(44(38)29-32)34-15-5-2-6-16-34/h1-30H. The average Bonchev–Trinajstić information content (AvgIpc) is 3.86. The van der Waals surface area contributed by atoms with Gasteiger partial charge in [0, 0.05) is 42.7 Å². The Kier molecular flexibility index (Phi) is 6.16. The van der Waals surface area contributed by atoms with Crippen molar-refractivity contribution >= 4 is 75.1 Å².